The molecule has 10 atom stereocenters. The van der Waals surface area contributed by atoms with Crippen molar-refractivity contribution in [1.29, 1.82) is 0 Å². The molecule has 8 nitrogen and oxygen atoms in total. The highest BCUT2D eigenvalue weighted by Gasteiger charge is 2.56. The summed E-state index contributed by atoms with van der Waals surface area (Å²) in [6, 6.07) is -0.554. The molecule has 0 aliphatic carbocycles. The van der Waals surface area contributed by atoms with E-state index in [0.717, 1.165) is 37.5 Å². The van der Waals surface area contributed by atoms with E-state index in [4.69, 9.17) is 24.1 Å². The van der Waals surface area contributed by atoms with Crippen molar-refractivity contribution >= 4 is 12.3 Å². The number of epoxide rings is 1. The number of aldehydes is 1. The van der Waals surface area contributed by atoms with Crippen molar-refractivity contribution in [2.75, 3.05) is 27.4 Å². The first kappa shape index (κ1) is 34.6. The number of esters is 1. The number of rotatable bonds is 18. The van der Waals surface area contributed by atoms with Crippen molar-refractivity contribution in [2.45, 2.75) is 116 Å². The fourth-order valence-electron chi connectivity index (χ4n) is 6.36. The third-order valence-corrected chi connectivity index (χ3v) is 8.82. The van der Waals surface area contributed by atoms with Gasteiger partial charge in [-0.05, 0) is 69.8 Å². The second-order valence-electron chi connectivity index (χ2n) is 12.2. The van der Waals surface area contributed by atoms with Crippen LogP contribution in [0.25, 0.3) is 0 Å². The van der Waals surface area contributed by atoms with Crippen LogP contribution < -0.4 is 5.32 Å². The number of methoxy groups -OCH3 is 2. The first-order valence-electron chi connectivity index (χ1n) is 15.1. The molecule has 0 aromatic carbocycles. The van der Waals surface area contributed by atoms with E-state index in [1.54, 1.807) is 7.11 Å². The van der Waals surface area contributed by atoms with E-state index in [1.807, 2.05) is 0 Å². The molecule has 230 valence electrons. The lowest BCUT2D eigenvalue weighted by molar-refractivity contribution is -0.144. The summed E-state index contributed by atoms with van der Waals surface area (Å²) in [4.78, 5) is 24.1. The van der Waals surface area contributed by atoms with E-state index in [-0.39, 0.29) is 48.5 Å². The normalized spacial score (nSPS) is 30.9. The number of carbonyl (C=O) groups excluding carboxylic acids is 2. The van der Waals surface area contributed by atoms with Crippen LogP contribution in [0.5, 0.6) is 0 Å². The lowest BCUT2D eigenvalue weighted by Crippen LogP contribution is -2.46. The van der Waals surface area contributed by atoms with Crippen LogP contribution in [-0.4, -0.2) is 80.8 Å². The fourth-order valence-corrected chi connectivity index (χ4v) is 6.36. The Kier molecular flexibility index (Phi) is 14.5. The van der Waals surface area contributed by atoms with Crippen molar-refractivity contribution < 1.29 is 33.6 Å². The number of allylic oxidation sites excluding steroid dienone is 3. The third kappa shape index (κ3) is 9.76. The number of ether oxygens (including phenoxy) is 4. The molecule has 0 bridgehead atoms. The second-order valence-corrected chi connectivity index (χ2v) is 12.2. The van der Waals surface area contributed by atoms with Gasteiger partial charge < -0.3 is 34.2 Å². The third-order valence-electron chi connectivity index (χ3n) is 8.82. The lowest BCUT2D eigenvalue weighted by Gasteiger charge is -2.38. The molecule has 0 aromatic rings. The van der Waals surface area contributed by atoms with Gasteiger partial charge in [0, 0.05) is 26.2 Å². The number of hydrogen-bond acceptors (Lipinski definition) is 8. The molecule has 2 heterocycles. The van der Waals surface area contributed by atoms with Gasteiger partial charge in [-0.15, -0.1) is 0 Å². The molecule has 2 rings (SSSR count). The summed E-state index contributed by atoms with van der Waals surface area (Å²) in [5, 5.41) is 12.3. The Morgan fingerprint density at radius 2 is 1.98 bits per heavy atom. The summed E-state index contributed by atoms with van der Waals surface area (Å²) in [5.41, 5.74) is 1.03. The molecule has 0 saturated carbocycles. The van der Waals surface area contributed by atoms with Gasteiger partial charge in [-0.2, -0.15) is 0 Å². The monoisotopic (exact) mass is 565 g/mol. The van der Waals surface area contributed by atoms with Crippen LogP contribution >= 0.6 is 0 Å². The number of carbonyl (C=O) groups is 2. The quantitative estimate of drug-likeness (QED) is 0.107. The zero-order valence-corrected chi connectivity index (χ0v) is 26.1. The van der Waals surface area contributed by atoms with Gasteiger partial charge in [0.25, 0.3) is 0 Å². The van der Waals surface area contributed by atoms with Gasteiger partial charge in [-0.1, -0.05) is 45.9 Å². The van der Waals surface area contributed by atoms with Crippen LogP contribution in [-0.2, 0) is 28.5 Å². The van der Waals surface area contributed by atoms with Crippen molar-refractivity contribution in [3.8, 4) is 0 Å². The highest BCUT2D eigenvalue weighted by molar-refractivity contribution is 5.75. The molecule has 0 amide bonds. The summed E-state index contributed by atoms with van der Waals surface area (Å²) in [7, 11) is 3.12. The average Bonchev–Trinajstić information content (AvgIpc) is 3.61. The maximum Gasteiger partial charge on any atom is 0.322 e. The zero-order chi connectivity index (χ0) is 29.9. The molecule has 40 heavy (non-hydrogen) atoms. The zero-order valence-electron chi connectivity index (χ0n) is 26.1. The summed E-state index contributed by atoms with van der Waals surface area (Å²) in [6.07, 6.45) is 12.2. The first-order chi connectivity index (χ1) is 19.0. The van der Waals surface area contributed by atoms with Crippen LogP contribution in [0.1, 0.15) is 80.1 Å². The molecule has 0 aromatic heterocycles. The van der Waals surface area contributed by atoms with Crippen molar-refractivity contribution in [2.24, 2.45) is 23.7 Å². The van der Waals surface area contributed by atoms with Crippen LogP contribution in [0.2, 0.25) is 0 Å². The Bertz CT molecular complexity index is 841. The fraction of sp³-hybridized carbons (Fsp3) is 0.812. The molecule has 8 heteroatoms. The molecule has 2 saturated heterocycles. The van der Waals surface area contributed by atoms with Gasteiger partial charge in [0.1, 0.15) is 12.3 Å². The van der Waals surface area contributed by atoms with Gasteiger partial charge in [-0.25, -0.2) is 0 Å². The topological polar surface area (TPSA) is 107 Å². The molecule has 2 N–H and O–H groups in total. The molecular formula is C32H55NO7. The maximum atomic E-state index is 12.1. The average molecular weight is 566 g/mol. The number of nitrogens with one attached hydrogen (secondary N) is 1. The van der Waals surface area contributed by atoms with E-state index in [9.17, 15) is 9.59 Å². The smallest absolute Gasteiger partial charge is 0.322 e. The Labute approximate surface area is 242 Å². The Hall–Kier alpha value is -1.58. The standard InChI is InChI=1S/C32H55NO7/c1-9-27(37-7)24(5)30-32(6,40-30)18-21(2)12-10-13-22(3)29-23(4)15-16-28(39-29)25(20-35)19-33-26(14-11-17-34)31(36)38-8/h10,12-13,20-21,23-30,33-34H,9,11,14-19H2,1-8H3/b12-10+,22-13+/t21-,23+,24-,25?,26+,27+,28-,29-,30-,32-/m1/s1. The minimum Gasteiger partial charge on any atom is -0.468 e. The highest BCUT2D eigenvalue weighted by Crippen LogP contribution is 2.47. The van der Waals surface area contributed by atoms with E-state index >= 15 is 0 Å². The Balaban J connectivity index is 1.94. The second kappa shape index (κ2) is 16.8. The van der Waals surface area contributed by atoms with Crippen LogP contribution in [0.4, 0.5) is 0 Å². The number of aliphatic hydroxyl groups excluding tert-OH is 1. The molecule has 2 aliphatic rings. The largest absolute Gasteiger partial charge is 0.468 e. The van der Waals surface area contributed by atoms with Gasteiger partial charge in [-0.3, -0.25) is 4.79 Å². The van der Waals surface area contributed by atoms with E-state index in [2.05, 4.69) is 65.1 Å². The maximum absolute atomic E-state index is 12.1. The van der Waals surface area contributed by atoms with Gasteiger partial charge in [0.05, 0.1) is 43.0 Å². The molecular weight excluding hydrogens is 510 g/mol. The molecule has 2 fully saturated rings. The lowest BCUT2D eigenvalue weighted by atomic mass is 9.85. The van der Waals surface area contributed by atoms with E-state index < -0.39 is 6.04 Å². The SMILES string of the molecule is CC[C@H](OC)[C@@H](C)[C@H]1O[C@]1(C)C[C@H](C)/C=C/C=C(\C)[C@H]1O[C@@H](C(C=O)CN[C@@H](CCCO)C(=O)OC)CC[C@@H]1C. The van der Waals surface area contributed by atoms with Crippen molar-refractivity contribution in [3.63, 3.8) is 0 Å². The van der Waals surface area contributed by atoms with Crippen molar-refractivity contribution in [3.05, 3.63) is 23.8 Å². The predicted octanol–water partition coefficient (Wildman–Crippen LogP) is 4.64. The Morgan fingerprint density at radius 1 is 1.25 bits per heavy atom. The Morgan fingerprint density at radius 3 is 2.58 bits per heavy atom. The summed E-state index contributed by atoms with van der Waals surface area (Å²) < 4.78 is 23.2. The van der Waals surface area contributed by atoms with E-state index in [0.29, 0.717) is 37.1 Å². The van der Waals surface area contributed by atoms with Gasteiger partial charge >= 0.3 is 5.97 Å². The van der Waals surface area contributed by atoms with Gasteiger partial charge in [0.2, 0.25) is 0 Å². The van der Waals surface area contributed by atoms with Crippen LogP contribution in [0.3, 0.4) is 0 Å². The number of aliphatic hydroxyl groups is 1. The first-order valence-corrected chi connectivity index (χ1v) is 15.1. The van der Waals surface area contributed by atoms with E-state index in [1.165, 1.54) is 7.11 Å². The highest BCUT2D eigenvalue weighted by atomic mass is 16.6. The minimum absolute atomic E-state index is 0.00297. The molecule has 2 aliphatic heterocycles. The summed E-state index contributed by atoms with van der Waals surface area (Å²) in [6.45, 7) is 13.4. The summed E-state index contributed by atoms with van der Waals surface area (Å²) in [5.74, 6) is 0.319. The molecule has 0 spiro atoms. The van der Waals surface area contributed by atoms with Crippen LogP contribution in [0.15, 0.2) is 23.8 Å². The molecule has 1 unspecified atom stereocenters. The van der Waals surface area contributed by atoms with Gasteiger partial charge in [0.15, 0.2) is 0 Å². The summed E-state index contributed by atoms with van der Waals surface area (Å²) >= 11 is 0. The van der Waals surface area contributed by atoms with Crippen molar-refractivity contribution in [1.82, 2.24) is 5.32 Å². The predicted molar refractivity (Wildman–Crippen MR) is 157 cm³/mol. The number of hydrogen-bond donors (Lipinski definition) is 2. The minimum atomic E-state index is -0.554. The molecule has 0 radical (unpaired) electrons. The van der Waals surface area contributed by atoms with Crippen LogP contribution in [0, 0.1) is 23.7 Å².